The second kappa shape index (κ2) is 5.23. The van der Waals surface area contributed by atoms with Crippen molar-refractivity contribution in [2.75, 3.05) is 11.9 Å². The van der Waals surface area contributed by atoms with Crippen LogP contribution in [0, 0.1) is 5.82 Å². The minimum absolute atomic E-state index is 0.334. The van der Waals surface area contributed by atoms with E-state index in [4.69, 9.17) is 4.42 Å². The summed E-state index contributed by atoms with van der Waals surface area (Å²) in [5.41, 5.74) is 1.96. The van der Waals surface area contributed by atoms with Crippen molar-refractivity contribution in [2.24, 2.45) is 0 Å². The number of aliphatic hydroxyl groups excluding tert-OH is 1. The molecular weight excluding hydrogens is 233 g/mol. The molecule has 0 radical (unpaired) electrons. The van der Waals surface area contributed by atoms with Crippen molar-refractivity contribution >= 4 is 5.69 Å². The molecule has 0 spiro atoms. The van der Waals surface area contributed by atoms with E-state index in [0.717, 1.165) is 5.56 Å². The van der Waals surface area contributed by atoms with Crippen molar-refractivity contribution in [3.05, 3.63) is 53.7 Å². The van der Waals surface area contributed by atoms with Crippen molar-refractivity contribution in [3.8, 4) is 0 Å². The summed E-state index contributed by atoms with van der Waals surface area (Å²) in [4.78, 5) is 1.77. The van der Waals surface area contributed by atoms with Crippen molar-refractivity contribution in [3.63, 3.8) is 0 Å². The van der Waals surface area contributed by atoms with E-state index in [1.165, 1.54) is 6.07 Å². The van der Waals surface area contributed by atoms with Gasteiger partial charge in [0, 0.05) is 24.7 Å². The Hall–Kier alpha value is -1.81. The average Bonchev–Trinajstić information content (AvgIpc) is 2.81. The maximum absolute atomic E-state index is 13.9. The van der Waals surface area contributed by atoms with Crippen LogP contribution in [0.4, 0.5) is 10.1 Å². The molecule has 1 atom stereocenters. The third-order valence-corrected chi connectivity index (χ3v) is 2.85. The molecule has 1 heterocycles. The lowest BCUT2D eigenvalue weighted by atomic mass is 10.1. The van der Waals surface area contributed by atoms with E-state index in [2.05, 4.69) is 0 Å². The highest BCUT2D eigenvalue weighted by Gasteiger charge is 2.16. The van der Waals surface area contributed by atoms with E-state index in [1.807, 2.05) is 6.07 Å². The van der Waals surface area contributed by atoms with Gasteiger partial charge in [0.05, 0.1) is 24.3 Å². The molecule has 18 heavy (non-hydrogen) atoms. The first kappa shape index (κ1) is 12.6. The molecule has 0 saturated heterocycles. The largest absolute Gasteiger partial charge is 0.472 e. The Morgan fingerprint density at radius 3 is 2.78 bits per heavy atom. The molecule has 0 saturated carbocycles. The summed E-state index contributed by atoms with van der Waals surface area (Å²) in [6.45, 7) is 2.15. The summed E-state index contributed by atoms with van der Waals surface area (Å²) < 4.78 is 18.9. The second-order valence-corrected chi connectivity index (χ2v) is 4.34. The van der Waals surface area contributed by atoms with Crippen LogP contribution in [-0.4, -0.2) is 12.2 Å². The standard InChI is InChI=1S/C14H16FNO2/c1-10(17)12-4-3-5-13(15)14(12)16(2)8-11-6-7-18-9-11/h3-7,9-10,17H,8H2,1-2H3/t10-/m1/s1. The minimum Gasteiger partial charge on any atom is -0.472 e. The number of hydrogen-bond acceptors (Lipinski definition) is 3. The van der Waals surface area contributed by atoms with E-state index < -0.39 is 6.10 Å². The van der Waals surface area contributed by atoms with Crippen LogP contribution in [0.15, 0.2) is 41.2 Å². The molecule has 1 N–H and O–H groups in total. The van der Waals surface area contributed by atoms with Gasteiger partial charge in [0.25, 0.3) is 0 Å². The van der Waals surface area contributed by atoms with Crippen LogP contribution in [0.5, 0.6) is 0 Å². The predicted octanol–water partition coefficient (Wildman–Crippen LogP) is 3.11. The summed E-state index contributed by atoms with van der Waals surface area (Å²) in [7, 11) is 1.79. The van der Waals surface area contributed by atoms with Gasteiger partial charge in [-0.3, -0.25) is 0 Å². The first-order valence-corrected chi connectivity index (χ1v) is 5.78. The van der Waals surface area contributed by atoms with Crippen molar-refractivity contribution in [2.45, 2.75) is 19.6 Å². The van der Waals surface area contributed by atoms with Gasteiger partial charge < -0.3 is 14.4 Å². The molecule has 0 aliphatic rings. The van der Waals surface area contributed by atoms with E-state index in [-0.39, 0.29) is 5.82 Å². The van der Waals surface area contributed by atoms with Gasteiger partial charge in [-0.2, -0.15) is 0 Å². The number of aliphatic hydroxyl groups is 1. The topological polar surface area (TPSA) is 36.6 Å². The average molecular weight is 249 g/mol. The third-order valence-electron chi connectivity index (χ3n) is 2.85. The van der Waals surface area contributed by atoms with Gasteiger partial charge >= 0.3 is 0 Å². The molecule has 96 valence electrons. The van der Waals surface area contributed by atoms with Crippen molar-refractivity contribution < 1.29 is 13.9 Å². The monoisotopic (exact) mass is 249 g/mol. The van der Waals surface area contributed by atoms with Crippen LogP contribution in [0.3, 0.4) is 0 Å². The lowest BCUT2D eigenvalue weighted by molar-refractivity contribution is 0.199. The normalized spacial score (nSPS) is 12.4. The third kappa shape index (κ3) is 2.54. The number of rotatable bonds is 4. The lowest BCUT2D eigenvalue weighted by Crippen LogP contribution is -2.19. The Balaban J connectivity index is 2.31. The molecule has 0 aliphatic heterocycles. The van der Waals surface area contributed by atoms with Crippen LogP contribution in [0.1, 0.15) is 24.2 Å². The molecule has 3 nitrogen and oxygen atoms in total. The molecule has 1 aromatic heterocycles. The van der Waals surface area contributed by atoms with Gasteiger partial charge in [-0.05, 0) is 19.1 Å². The van der Waals surface area contributed by atoms with E-state index in [1.54, 1.807) is 43.5 Å². The van der Waals surface area contributed by atoms with Gasteiger partial charge in [-0.15, -0.1) is 0 Å². The Labute approximate surface area is 105 Å². The van der Waals surface area contributed by atoms with Crippen molar-refractivity contribution in [1.29, 1.82) is 0 Å². The van der Waals surface area contributed by atoms with Crippen LogP contribution in [0.2, 0.25) is 0 Å². The van der Waals surface area contributed by atoms with E-state index >= 15 is 0 Å². The number of furan rings is 1. The van der Waals surface area contributed by atoms with Gasteiger partial charge in [0.2, 0.25) is 0 Å². The molecule has 0 aliphatic carbocycles. The highest BCUT2D eigenvalue weighted by atomic mass is 19.1. The second-order valence-electron chi connectivity index (χ2n) is 4.34. The predicted molar refractivity (Wildman–Crippen MR) is 67.8 cm³/mol. The zero-order valence-corrected chi connectivity index (χ0v) is 10.4. The molecule has 4 heteroatoms. The van der Waals surface area contributed by atoms with E-state index in [0.29, 0.717) is 17.8 Å². The number of halogens is 1. The van der Waals surface area contributed by atoms with E-state index in [9.17, 15) is 9.50 Å². The maximum atomic E-state index is 13.9. The fraction of sp³-hybridized carbons (Fsp3) is 0.286. The number of hydrogen-bond donors (Lipinski definition) is 1. The number of anilines is 1. The molecule has 0 unspecified atom stereocenters. The Morgan fingerprint density at radius 2 is 2.17 bits per heavy atom. The summed E-state index contributed by atoms with van der Waals surface area (Å²) in [5, 5.41) is 9.69. The smallest absolute Gasteiger partial charge is 0.146 e. The highest BCUT2D eigenvalue weighted by molar-refractivity contribution is 5.55. The molecule has 0 fully saturated rings. The first-order chi connectivity index (χ1) is 8.59. The zero-order valence-electron chi connectivity index (χ0n) is 10.4. The van der Waals surface area contributed by atoms with Gasteiger partial charge in [0.1, 0.15) is 5.82 Å². The van der Waals surface area contributed by atoms with Crippen LogP contribution in [-0.2, 0) is 6.54 Å². The first-order valence-electron chi connectivity index (χ1n) is 5.78. The number of nitrogens with zero attached hydrogens (tertiary/aromatic N) is 1. The Kier molecular flexibility index (Phi) is 3.67. The lowest BCUT2D eigenvalue weighted by Gasteiger charge is -2.23. The summed E-state index contributed by atoms with van der Waals surface area (Å²) >= 11 is 0. The SMILES string of the molecule is C[C@@H](O)c1cccc(F)c1N(C)Cc1ccoc1. The van der Waals surface area contributed by atoms with Gasteiger partial charge in [-0.1, -0.05) is 12.1 Å². The zero-order chi connectivity index (χ0) is 13.1. The fourth-order valence-electron chi connectivity index (χ4n) is 2.01. The van der Waals surface area contributed by atoms with Gasteiger partial charge in [-0.25, -0.2) is 4.39 Å². The molecule has 2 aromatic rings. The maximum Gasteiger partial charge on any atom is 0.146 e. The Morgan fingerprint density at radius 1 is 1.39 bits per heavy atom. The number of benzene rings is 1. The summed E-state index contributed by atoms with van der Waals surface area (Å²) in [6.07, 6.45) is 2.50. The Bertz CT molecular complexity index is 509. The molecular formula is C14H16FNO2. The highest BCUT2D eigenvalue weighted by Crippen LogP contribution is 2.29. The van der Waals surface area contributed by atoms with Crippen LogP contribution >= 0.6 is 0 Å². The summed E-state index contributed by atoms with van der Waals surface area (Å²) in [6, 6.07) is 6.56. The number of para-hydroxylation sites is 1. The van der Waals surface area contributed by atoms with Crippen molar-refractivity contribution in [1.82, 2.24) is 0 Å². The molecule has 0 amide bonds. The molecule has 1 aromatic carbocycles. The summed E-state index contributed by atoms with van der Waals surface area (Å²) in [5.74, 6) is -0.334. The van der Waals surface area contributed by atoms with Crippen LogP contribution < -0.4 is 4.90 Å². The van der Waals surface area contributed by atoms with Crippen LogP contribution in [0.25, 0.3) is 0 Å². The quantitative estimate of drug-likeness (QED) is 0.904. The van der Waals surface area contributed by atoms with Gasteiger partial charge in [0.15, 0.2) is 0 Å². The fourth-order valence-corrected chi connectivity index (χ4v) is 2.01. The molecule has 2 rings (SSSR count). The molecule has 0 bridgehead atoms. The minimum atomic E-state index is -0.706.